The standard InChI is InChI=1S/C26H30NO6PS/c1-17(24(28)29)14-18-10-11-21(20-12-13-35-16-20)22(15-18)34(31,32)23(19-8-6-5-7-9-19)27-25(30)33-26(2,3)4/h5-13,15-17,23H,14H2,1-4H3,(H,27,30)(H,28,29)(H,31,32). The highest BCUT2D eigenvalue weighted by molar-refractivity contribution is 7.66. The largest absolute Gasteiger partial charge is 0.481 e. The average Bonchev–Trinajstić information content (AvgIpc) is 3.31. The third-order valence-electron chi connectivity index (χ3n) is 5.32. The van der Waals surface area contributed by atoms with Crippen molar-refractivity contribution < 1.29 is 28.9 Å². The molecule has 1 amide bonds. The molecule has 0 radical (unpaired) electrons. The molecule has 35 heavy (non-hydrogen) atoms. The Bertz CT molecular complexity index is 1220. The van der Waals surface area contributed by atoms with E-state index < -0.39 is 36.7 Å². The summed E-state index contributed by atoms with van der Waals surface area (Å²) >= 11 is 1.46. The topological polar surface area (TPSA) is 113 Å². The van der Waals surface area contributed by atoms with Gasteiger partial charge in [-0.1, -0.05) is 49.4 Å². The van der Waals surface area contributed by atoms with Gasteiger partial charge in [-0.2, -0.15) is 11.3 Å². The molecule has 3 unspecified atom stereocenters. The predicted octanol–water partition coefficient (Wildman–Crippen LogP) is 5.80. The van der Waals surface area contributed by atoms with Crippen LogP contribution in [0, 0.1) is 5.92 Å². The van der Waals surface area contributed by atoms with Crippen molar-refractivity contribution in [3.05, 3.63) is 76.5 Å². The zero-order valence-electron chi connectivity index (χ0n) is 20.1. The maximum atomic E-state index is 14.3. The van der Waals surface area contributed by atoms with Gasteiger partial charge in [-0.3, -0.25) is 9.36 Å². The van der Waals surface area contributed by atoms with Crippen LogP contribution in [0.25, 0.3) is 11.1 Å². The quantitative estimate of drug-likeness (QED) is 0.327. The van der Waals surface area contributed by atoms with E-state index in [2.05, 4.69) is 5.32 Å². The van der Waals surface area contributed by atoms with Gasteiger partial charge in [0.2, 0.25) is 0 Å². The smallest absolute Gasteiger partial charge is 0.408 e. The zero-order chi connectivity index (χ0) is 25.8. The maximum Gasteiger partial charge on any atom is 0.408 e. The molecule has 0 aliphatic heterocycles. The van der Waals surface area contributed by atoms with Gasteiger partial charge in [-0.05, 0) is 72.3 Å². The van der Waals surface area contributed by atoms with Crippen LogP contribution in [0.2, 0.25) is 0 Å². The van der Waals surface area contributed by atoms with Crippen molar-refractivity contribution in [2.75, 3.05) is 0 Å². The number of carboxylic acids is 1. The Kier molecular flexibility index (Phi) is 8.21. The molecule has 0 fully saturated rings. The van der Waals surface area contributed by atoms with E-state index >= 15 is 0 Å². The van der Waals surface area contributed by atoms with Crippen molar-refractivity contribution in [3.63, 3.8) is 0 Å². The summed E-state index contributed by atoms with van der Waals surface area (Å²) in [6.07, 6.45) is -0.616. The second-order valence-corrected chi connectivity index (χ2v) is 12.4. The van der Waals surface area contributed by atoms with Crippen LogP contribution < -0.4 is 10.6 Å². The second kappa shape index (κ2) is 10.8. The van der Waals surface area contributed by atoms with Gasteiger partial charge in [-0.15, -0.1) is 0 Å². The minimum absolute atomic E-state index is 0.149. The summed E-state index contributed by atoms with van der Waals surface area (Å²) < 4.78 is 19.7. The first-order chi connectivity index (χ1) is 16.4. The van der Waals surface area contributed by atoms with Gasteiger partial charge in [0.25, 0.3) is 7.37 Å². The second-order valence-electron chi connectivity index (χ2n) is 9.39. The number of hydrogen-bond donors (Lipinski definition) is 3. The fraction of sp³-hybridized carbons (Fsp3) is 0.308. The fourth-order valence-corrected chi connectivity index (χ4v) is 6.33. The van der Waals surface area contributed by atoms with Crippen LogP contribution in [0.15, 0.2) is 65.4 Å². The molecular formula is C26H30NO6PS. The van der Waals surface area contributed by atoms with Crippen LogP contribution in [0.4, 0.5) is 4.79 Å². The minimum Gasteiger partial charge on any atom is -0.481 e. The number of rotatable bonds is 8. The lowest BCUT2D eigenvalue weighted by Gasteiger charge is -2.28. The Morgan fingerprint density at radius 1 is 1.11 bits per heavy atom. The highest BCUT2D eigenvalue weighted by Gasteiger charge is 2.39. The number of hydrogen-bond acceptors (Lipinski definition) is 5. The number of alkyl carbamates (subject to hydrolysis) is 1. The van der Waals surface area contributed by atoms with Crippen LogP contribution in [-0.2, 0) is 20.5 Å². The normalized spacial score (nSPS) is 15.0. The Morgan fingerprint density at radius 2 is 1.80 bits per heavy atom. The first kappa shape index (κ1) is 26.7. The zero-order valence-corrected chi connectivity index (χ0v) is 21.8. The molecule has 0 aliphatic rings. The molecule has 1 heterocycles. The van der Waals surface area contributed by atoms with Gasteiger partial charge in [0.1, 0.15) is 11.4 Å². The molecule has 0 saturated carbocycles. The Balaban J connectivity index is 2.13. The van der Waals surface area contributed by atoms with E-state index in [1.54, 1.807) is 76.2 Å². The molecule has 186 valence electrons. The fourth-order valence-electron chi connectivity index (χ4n) is 3.64. The van der Waals surface area contributed by atoms with Gasteiger partial charge in [0.15, 0.2) is 0 Å². The van der Waals surface area contributed by atoms with Gasteiger partial charge < -0.3 is 20.1 Å². The average molecular weight is 516 g/mol. The summed E-state index contributed by atoms with van der Waals surface area (Å²) in [5.74, 6) is -2.89. The van der Waals surface area contributed by atoms with Crippen molar-refractivity contribution in [1.29, 1.82) is 0 Å². The Labute approximate surface area is 209 Å². The highest BCUT2D eigenvalue weighted by Crippen LogP contribution is 2.55. The van der Waals surface area contributed by atoms with E-state index in [1.165, 1.54) is 11.3 Å². The number of benzene rings is 2. The first-order valence-electron chi connectivity index (χ1n) is 11.1. The number of amides is 1. The molecule has 9 heteroatoms. The molecule has 2 aromatic carbocycles. The summed E-state index contributed by atoms with van der Waals surface area (Å²) in [7, 11) is -4.32. The van der Waals surface area contributed by atoms with Gasteiger partial charge in [-0.25, -0.2) is 4.79 Å². The van der Waals surface area contributed by atoms with Crippen LogP contribution in [0.1, 0.15) is 44.6 Å². The van der Waals surface area contributed by atoms with Crippen LogP contribution in [0.5, 0.6) is 0 Å². The lowest BCUT2D eigenvalue weighted by molar-refractivity contribution is -0.141. The first-order valence-corrected chi connectivity index (χ1v) is 13.8. The number of nitrogens with one attached hydrogen (secondary N) is 1. The number of carboxylic acid groups (broad SMARTS) is 1. The highest BCUT2D eigenvalue weighted by atomic mass is 32.1. The molecule has 3 atom stereocenters. The van der Waals surface area contributed by atoms with Crippen molar-refractivity contribution in [2.24, 2.45) is 5.92 Å². The van der Waals surface area contributed by atoms with Crippen LogP contribution in [0.3, 0.4) is 0 Å². The number of carbonyl (C=O) groups is 2. The molecule has 3 N–H and O–H groups in total. The number of carbonyl (C=O) groups excluding carboxylic acids is 1. The summed E-state index contributed by atoms with van der Waals surface area (Å²) in [6, 6.07) is 15.5. The van der Waals surface area contributed by atoms with Gasteiger partial charge in [0.05, 0.1) is 5.92 Å². The van der Waals surface area contributed by atoms with E-state index in [-0.39, 0.29) is 11.7 Å². The van der Waals surface area contributed by atoms with E-state index in [9.17, 15) is 24.2 Å². The monoisotopic (exact) mass is 515 g/mol. The molecule has 3 aromatic rings. The molecule has 0 spiro atoms. The molecule has 7 nitrogen and oxygen atoms in total. The van der Waals surface area contributed by atoms with Gasteiger partial charge >= 0.3 is 12.1 Å². The van der Waals surface area contributed by atoms with E-state index in [1.807, 2.05) is 16.8 Å². The number of ether oxygens (including phenoxy) is 1. The third kappa shape index (κ3) is 6.82. The summed E-state index contributed by atoms with van der Waals surface area (Å²) in [6.45, 7) is 6.73. The van der Waals surface area contributed by atoms with E-state index in [4.69, 9.17) is 4.74 Å². The SMILES string of the molecule is CC(Cc1ccc(-c2ccsc2)c(P(=O)(O)C(NC(=O)OC(C)(C)C)c2ccccc2)c1)C(=O)O. The molecule has 0 saturated heterocycles. The molecule has 3 rings (SSSR count). The predicted molar refractivity (Wildman–Crippen MR) is 138 cm³/mol. The Hall–Kier alpha value is -2.93. The van der Waals surface area contributed by atoms with Crippen molar-refractivity contribution >= 4 is 36.1 Å². The summed E-state index contributed by atoms with van der Waals surface area (Å²) in [5.41, 5.74) is 1.59. The lowest BCUT2D eigenvalue weighted by atomic mass is 9.99. The van der Waals surface area contributed by atoms with Crippen LogP contribution in [-0.4, -0.2) is 27.7 Å². The summed E-state index contributed by atoms with van der Waals surface area (Å²) in [5, 5.41) is 15.8. The Morgan fingerprint density at radius 3 is 2.37 bits per heavy atom. The third-order valence-corrected chi connectivity index (χ3v) is 8.19. The van der Waals surface area contributed by atoms with Crippen molar-refractivity contribution in [1.82, 2.24) is 5.32 Å². The lowest BCUT2D eigenvalue weighted by Crippen LogP contribution is -2.36. The minimum atomic E-state index is -4.32. The molecule has 0 bridgehead atoms. The van der Waals surface area contributed by atoms with Gasteiger partial charge in [0, 0.05) is 5.30 Å². The van der Waals surface area contributed by atoms with Crippen LogP contribution >= 0.6 is 18.7 Å². The summed E-state index contributed by atoms with van der Waals surface area (Å²) in [4.78, 5) is 35.8. The molecular weight excluding hydrogens is 485 g/mol. The molecule has 0 aliphatic carbocycles. The van der Waals surface area contributed by atoms with Crippen molar-refractivity contribution in [3.8, 4) is 11.1 Å². The van der Waals surface area contributed by atoms with Crippen molar-refractivity contribution in [2.45, 2.75) is 45.5 Å². The number of thiophene rings is 1. The molecule has 1 aromatic heterocycles. The maximum absolute atomic E-state index is 14.3. The van der Waals surface area contributed by atoms with E-state index in [0.717, 1.165) is 5.56 Å². The van der Waals surface area contributed by atoms with E-state index in [0.29, 0.717) is 16.7 Å². The number of aliphatic carboxylic acids is 1.